The summed E-state index contributed by atoms with van der Waals surface area (Å²) < 4.78 is 11.9. The SMILES string of the molecule is Cc1cc(-c2ccc3c(n2)N(C(=O)Nc2cnccn2)[C@H]2CCN3C2)cnc1C#N.Cc1cc(C2OC(C)(C)C(C)(C)O2)cnc1C#N.O=C(Nc1cnccn1)N1c2nc(Cl)ccc2N2CC[C@H]1C2. The number of carbonyl (C=O) groups is 2. The van der Waals surface area contributed by atoms with Gasteiger partial charge in [0.25, 0.3) is 0 Å². The Kier molecular flexibility index (Phi) is 13.0. The highest BCUT2D eigenvalue weighted by Crippen LogP contribution is 2.45. The molecule has 3 fully saturated rings. The van der Waals surface area contributed by atoms with Gasteiger partial charge in [-0.3, -0.25) is 30.4 Å². The van der Waals surface area contributed by atoms with Crippen LogP contribution in [0.4, 0.5) is 44.2 Å². The first-order valence-corrected chi connectivity index (χ1v) is 23.0. The fraction of sp³-hybridized carbons (Fsp3) is 0.347. The van der Waals surface area contributed by atoms with Crippen molar-refractivity contribution in [1.29, 1.82) is 10.5 Å². The number of halogens is 1. The number of nitrogens with one attached hydrogen (secondary N) is 2. The molecule has 2 N–H and O–H groups in total. The molecule has 356 valence electrons. The first kappa shape index (κ1) is 47.2. The van der Waals surface area contributed by atoms with Crippen molar-refractivity contribution in [2.24, 2.45) is 0 Å². The molecule has 5 aliphatic rings. The van der Waals surface area contributed by atoms with E-state index < -0.39 is 6.29 Å². The van der Waals surface area contributed by atoms with Crippen molar-refractivity contribution in [1.82, 2.24) is 39.9 Å². The predicted molar refractivity (Wildman–Crippen MR) is 261 cm³/mol. The van der Waals surface area contributed by atoms with Crippen LogP contribution in [0.2, 0.25) is 5.15 Å². The van der Waals surface area contributed by atoms with Gasteiger partial charge < -0.3 is 19.3 Å². The molecule has 0 unspecified atom stereocenters. The van der Waals surface area contributed by atoms with Crippen molar-refractivity contribution >= 4 is 58.3 Å². The van der Waals surface area contributed by atoms with E-state index in [1.807, 2.05) is 71.9 Å². The van der Waals surface area contributed by atoms with E-state index in [9.17, 15) is 9.59 Å². The van der Waals surface area contributed by atoms with Crippen LogP contribution in [0.15, 0.2) is 86.0 Å². The minimum atomic E-state index is -0.422. The van der Waals surface area contributed by atoms with Crippen LogP contribution in [-0.2, 0) is 9.47 Å². The van der Waals surface area contributed by atoms with Crippen molar-refractivity contribution < 1.29 is 19.1 Å². The monoisotopic (exact) mass is 960 g/mol. The molecule has 0 aromatic carbocycles. The van der Waals surface area contributed by atoms with Gasteiger partial charge in [0.15, 0.2) is 29.6 Å². The van der Waals surface area contributed by atoms with Crippen molar-refractivity contribution in [3.63, 3.8) is 0 Å². The summed E-state index contributed by atoms with van der Waals surface area (Å²) in [5.41, 5.74) is 5.96. The van der Waals surface area contributed by atoms with E-state index in [0.29, 0.717) is 45.5 Å². The minimum absolute atomic E-state index is 0.0396. The molecule has 4 amide bonds. The van der Waals surface area contributed by atoms with Gasteiger partial charge in [-0.15, -0.1) is 0 Å². The van der Waals surface area contributed by atoms with Gasteiger partial charge >= 0.3 is 12.1 Å². The van der Waals surface area contributed by atoms with Crippen molar-refractivity contribution in [2.75, 3.05) is 56.4 Å². The van der Waals surface area contributed by atoms with E-state index in [-0.39, 0.29) is 35.3 Å². The zero-order chi connectivity index (χ0) is 49.3. The summed E-state index contributed by atoms with van der Waals surface area (Å²) in [6.07, 6.45) is 13.8. The second kappa shape index (κ2) is 19.2. The third-order valence-electron chi connectivity index (χ3n) is 13.1. The summed E-state index contributed by atoms with van der Waals surface area (Å²) in [6, 6.07) is 15.1. The molecule has 0 radical (unpaired) electrons. The molecule has 0 aliphatic carbocycles. The molecule has 3 saturated heterocycles. The van der Waals surface area contributed by atoms with Crippen LogP contribution in [0.1, 0.15) is 74.9 Å². The Balaban J connectivity index is 0.000000135. The number of rotatable bonds is 4. The maximum atomic E-state index is 13.1. The van der Waals surface area contributed by atoms with Crippen molar-refractivity contribution in [2.45, 2.75) is 84.0 Å². The number of nitriles is 2. The van der Waals surface area contributed by atoms with Gasteiger partial charge in [0.2, 0.25) is 0 Å². The summed E-state index contributed by atoms with van der Waals surface area (Å²) in [5.74, 6) is 2.02. The average molecular weight is 961 g/mol. The number of anilines is 6. The van der Waals surface area contributed by atoms with Gasteiger partial charge in [0.05, 0.1) is 52.7 Å². The zero-order valence-corrected chi connectivity index (χ0v) is 40.1. The fourth-order valence-corrected chi connectivity index (χ4v) is 8.94. The highest BCUT2D eigenvalue weighted by Gasteiger charge is 2.50. The lowest BCUT2D eigenvalue weighted by Crippen LogP contribution is -2.48. The topological polar surface area (TPSA) is 240 Å². The van der Waals surface area contributed by atoms with Gasteiger partial charge in [-0.2, -0.15) is 10.5 Å². The Morgan fingerprint density at radius 3 is 1.70 bits per heavy atom. The number of amides is 4. The number of aryl methyl sites for hydroxylation is 2. The van der Waals surface area contributed by atoms with Crippen LogP contribution in [-0.4, -0.2) is 101 Å². The second-order valence-corrected chi connectivity index (χ2v) is 18.6. The summed E-state index contributed by atoms with van der Waals surface area (Å²) >= 11 is 6.01. The van der Waals surface area contributed by atoms with Crippen molar-refractivity contribution in [3.8, 4) is 23.4 Å². The Morgan fingerprint density at radius 1 is 0.686 bits per heavy atom. The summed E-state index contributed by atoms with van der Waals surface area (Å²) in [6.45, 7) is 15.1. The van der Waals surface area contributed by atoms with E-state index in [0.717, 1.165) is 72.6 Å². The number of hydrogen-bond acceptors (Lipinski definition) is 16. The van der Waals surface area contributed by atoms with Crippen LogP contribution in [0.25, 0.3) is 11.3 Å². The lowest BCUT2D eigenvalue weighted by atomic mass is 9.90. The molecule has 5 aliphatic heterocycles. The maximum Gasteiger partial charge on any atom is 0.329 e. The van der Waals surface area contributed by atoms with Crippen LogP contribution in [0.5, 0.6) is 0 Å². The summed E-state index contributed by atoms with van der Waals surface area (Å²) in [7, 11) is 0. The summed E-state index contributed by atoms with van der Waals surface area (Å²) in [5, 5.41) is 24.0. The molecule has 4 bridgehead atoms. The highest BCUT2D eigenvalue weighted by molar-refractivity contribution is 6.29. The van der Waals surface area contributed by atoms with Gasteiger partial charge in [0.1, 0.15) is 28.7 Å². The molecule has 70 heavy (non-hydrogen) atoms. The molecular weight excluding hydrogens is 912 g/mol. The Hall–Kier alpha value is -7.91. The first-order chi connectivity index (χ1) is 33.6. The number of nitrogens with zero attached hydrogens (tertiary/aromatic N) is 14. The number of ether oxygens (including phenoxy) is 2. The van der Waals surface area contributed by atoms with E-state index in [1.54, 1.807) is 40.7 Å². The zero-order valence-electron chi connectivity index (χ0n) is 39.3. The molecule has 6 aromatic heterocycles. The lowest BCUT2D eigenvalue weighted by molar-refractivity contribution is -0.0898. The van der Waals surface area contributed by atoms with Gasteiger partial charge in [-0.25, -0.2) is 39.5 Å². The Bertz CT molecular complexity index is 3020. The van der Waals surface area contributed by atoms with Crippen LogP contribution in [0.3, 0.4) is 0 Å². The Morgan fingerprint density at radius 2 is 1.20 bits per heavy atom. The molecule has 11 rings (SSSR count). The van der Waals surface area contributed by atoms with Crippen LogP contribution < -0.4 is 30.2 Å². The normalized spacial score (nSPS) is 18.8. The maximum absolute atomic E-state index is 13.1. The van der Waals surface area contributed by atoms with Crippen LogP contribution >= 0.6 is 11.6 Å². The fourth-order valence-electron chi connectivity index (χ4n) is 8.80. The quantitative estimate of drug-likeness (QED) is 0.160. The number of carbonyl (C=O) groups excluding carboxylic acids is 2. The number of pyridine rings is 4. The Labute approximate surface area is 409 Å². The van der Waals surface area contributed by atoms with Gasteiger partial charge in [-0.1, -0.05) is 11.6 Å². The molecule has 2 atom stereocenters. The van der Waals surface area contributed by atoms with Gasteiger partial charge in [0, 0.05) is 74.5 Å². The van der Waals surface area contributed by atoms with Crippen molar-refractivity contribution in [3.05, 3.63) is 119 Å². The molecule has 20 nitrogen and oxygen atoms in total. The predicted octanol–water partition coefficient (Wildman–Crippen LogP) is 7.76. The molecule has 11 heterocycles. The number of fused-ring (bicyclic) bond motifs is 8. The lowest BCUT2D eigenvalue weighted by Gasteiger charge is -2.35. The minimum Gasteiger partial charge on any atom is -0.366 e. The van der Waals surface area contributed by atoms with E-state index in [1.165, 1.54) is 24.8 Å². The first-order valence-electron chi connectivity index (χ1n) is 22.6. The number of urea groups is 2. The highest BCUT2D eigenvalue weighted by atomic mass is 35.5. The van der Waals surface area contributed by atoms with Gasteiger partial charge in [-0.05, 0) is 102 Å². The smallest absolute Gasteiger partial charge is 0.329 e. The van der Waals surface area contributed by atoms with E-state index in [4.69, 9.17) is 36.6 Å². The molecule has 0 saturated carbocycles. The number of aromatic nitrogens is 8. The molecule has 21 heteroatoms. The third-order valence-corrected chi connectivity index (χ3v) is 13.3. The average Bonchev–Trinajstić information content (AvgIpc) is 4.03. The molecular formula is C49H49ClN16O4. The van der Waals surface area contributed by atoms with E-state index in [2.05, 4.69) is 67.5 Å². The standard InChI is InChI=1S/C21H18N8O.C14H13ClN6O.C14H18N2O2/c1-13-8-14(10-25-17(13)9-22)16-2-3-18-20(26-16)29(15-4-7-28(18)12-15)21(30)27-19-11-23-5-6-24-19;15-11-2-1-10-13(18-11)21(9-3-6-20(10)8-9)14(22)19-12-7-16-4-5-17-12;1-9-6-10(8-16-11(9)7-15)12-17-13(2,3)14(4,5)18-12/h2-3,5-6,8,10-11,15H,4,7,12H2,1H3,(H,24,27,30);1-2,4-5,7,9H,3,6,8H2,(H,17,19,22);6,8,12H,1-5H3/t15-;9-;/m00./s1. The third kappa shape index (κ3) is 9.44. The second-order valence-electron chi connectivity index (χ2n) is 18.2. The largest absolute Gasteiger partial charge is 0.366 e. The van der Waals surface area contributed by atoms with Crippen LogP contribution in [0, 0.1) is 36.5 Å². The number of hydrogen-bond donors (Lipinski definition) is 2. The molecule has 0 spiro atoms. The molecule has 6 aromatic rings. The summed E-state index contributed by atoms with van der Waals surface area (Å²) in [4.78, 5) is 67.4. The van der Waals surface area contributed by atoms with E-state index >= 15 is 0 Å².